The summed E-state index contributed by atoms with van der Waals surface area (Å²) in [5.74, 6) is -0.453. The number of hydrogen-bond acceptors (Lipinski definition) is 7. The third kappa shape index (κ3) is 3.99. The minimum absolute atomic E-state index is 0.0908. The van der Waals surface area contributed by atoms with E-state index in [0.717, 1.165) is 25.1 Å². The van der Waals surface area contributed by atoms with Crippen LogP contribution in [0.1, 0.15) is 35.1 Å². The zero-order chi connectivity index (χ0) is 15.1. The molecular weight excluding hydrogens is 276 g/mol. The normalized spacial score (nSPS) is 18.1. The summed E-state index contributed by atoms with van der Waals surface area (Å²) in [7, 11) is 2.98. The molecule has 8 nitrogen and oxygen atoms in total. The molecule has 1 fully saturated rings. The molecule has 1 aliphatic heterocycles. The summed E-state index contributed by atoms with van der Waals surface area (Å²) in [6.45, 7) is 3.06. The molecule has 1 aromatic heterocycles. The highest BCUT2D eigenvalue weighted by atomic mass is 16.5. The van der Waals surface area contributed by atoms with Crippen molar-refractivity contribution in [2.45, 2.75) is 25.4 Å². The summed E-state index contributed by atoms with van der Waals surface area (Å²) in [5, 5.41) is 11.4. The van der Waals surface area contributed by atoms with Crippen molar-refractivity contribution in [3.63, 3.8) is 0 Å². The van der Waals surface area contributed by atoms with Gasteiger partial charge in [-0.3, -0.25) is 0 Å². The highest BCUT2D eigenvalue weighted by Gasteiger charge is 2.28. The van der Waals surface area contributed by atoms with Crippen molar-refractivity contribution < 1.29 is 19.0 Å². The molecule has 0 radical (unpaired) electrons. The van der Waals surface area contributed by atoms with Crippen LogP contribution in [-0.2, 0) is 20.8 Å². The highest BCUT2D eigenvalue weighted by molar-refractivity contribution is 5.88. The predicted molar refractivity (Wildman–Crippen MR) is 74.0 cm³/mol. The molecule has 2 rings (SSSR count). The molecule has 0 saturated carbocycles. The van der Waals surface area contributed by atoms with Gasteiger partial charge in [-0.2, -0.15) is 0 Å². The third-order valence-electron chi connectivity index (χ3n) is 3.42. The minimum Gasteiger partial charge on any atom is -0.464 e. The molecule has 0 aliphatic carbocycles. The minimum atomic E-state index is -0.453. The molecular formula is C13H22N4O4. The first-order valence-corrected chi connectivity index (χ1v) is 7.09. The zero-order valence-corrected chi connectivity index (χ0v) is 12.5. The summed E-state index contributed by atoms with van der Waals surface area (Å²) < 4.78 is 16.9. The number of nitrogens with one attached hydrogen (secondary N) is 1. The number of aromatic nitrogens is 3. The summed E-state index contributed by atoms with van der Waals surface area (Å²) in [6.07, 6.45) is 2.03. The number of rotatable bonds is 8. The van der Waals surface area contributed by atoms with Crippen molar-refractivity contribution in [2.75, 3.05) is 40.6 Å². The third-order valence-corrected chi connectivity index (χ3v) is 3.42. The summed E-state index contributed by atoms with van der Waals surface area (Å²) in [4.78, 5) is 11.8. The van der Waals surface area contributed by atoms with Gasteiger partial charge in [0.2, 0.25) is 0 Å². The van der Waals surface area contributed by atoms with Crippen molar-refractivity contribution in [3.8, 4) is 0 Å². The number of carbonyl (C=O) groups excluding carboxylic acids is 1. The van der Waals surface area contributed by atoms with Gasteiger partial charge in [0, 0.05) is 7.11 Å². The smallest absolute Gasteiger partial charge is 0.360 e. The Hall–Kier alpha value is -1.51. The van der Waals surface area contributed by atoms with Gasteiger partial charge < -0.3 is 19.5 Å². The van der Waals surface area contributed by atoms with E-state index in [1.165, 1.54) is 7.11 Å². The first-order chi connectivity index (χ1) is 10.3. The maximum Gasteiger partial charge on any atom is 0.360 e. The molecule has 8 heteroatoms. The molecule has 1 saturated heterocycles. The van der Waals surface area contributed by atoms with E-state index in [9.17, 15) is 4.79 Å². The molecule has 2 heterocycles. The Labute approximate surface area is 123 Å². The maximum atomic E-state index is 11.8. The Kier molecular flexibility index (Phi) is 6.09. The topological polar surface area (TPSA) is 87.5 Å². The average Bonchev–Trinajstić information content (AvgIpc) is 3.15. The van der Waals surface area contributed by atoms with Gasteiger partial charge in [-0.25, -0.2) is 9.48 Å². The molecule has 118 valence electrons. The average molecular weight is 298 g/mol. The maximum absolute atomic E-state index is 11.8. The molecule has 1 aliphatic rings. The summed E-state index contributed by atoms with van der Waals surface area (Å²) in [6, 6.07) is 0.0908. The fourth-order valence-corrected chi connectivity index (χ4v) is 2.39. The Morgan fingerprint density at radius 2 is 2.24 bits per heavy atom. The molecule has 1 N–H and O–H groups in total. The molecule has 0 aromatic carbocycles. The van der Waals surface area contributed by atoms with Gasteiger partial charge in [0.25, 0.3) is 0 Å². The number of hydrogen-bond donors (Lipinski definition) is 1. The van der Waals surface area contributed by atoms with Crippen LogP contribution in [0.4, 0.5) is 0 Å². The van der Waals surface area contributed by atoms with Crippen LogP contribution in [0.3, 0.4) is 0 Å². The number of ether oxygens (including phenoxy) is 3. The van der Waals surface area contributed by atoms with Crippen molar-refractivity contribution in [3.05, 3.63) is 11.4 Å². The van der Waals surface area contributed by atoms with E-state index in [1.54, 1.807) is 11.8 Å². The van der Waals surface area contributed by atoms with Crippen LogP contribution < -0.4 is 5.32 Å². The number of nitrogens with zero attached hydrogens (tertiary/aromatic N) is 3. The van der Waals surface area contributed by atoms with Crippen LogP contribution in [0, 0.1) is 0 Å². The first-order valence-electron chi connectivity index (χ1n) is 7.09. The Morgan fingerprint density at radius 1 is 1.38 bits per heavy atom. The number of methoxy groups -OCH3 is 2. The summed E-state index contributed by atoms with van der Waals surface area (Å²) in [5.41, 5.74) is 1.07. The van der Waals surface area contributed by atoms with Crippen molar-refractivity contribution in [1.29, 1.82) is 0 Å². The Bertz CT molecular complexity index is 457. The molecule has 0 bridgehead atoms. The predicted octanol–water partition coefficient (Wildman–Crippen LogP) is 0.152. The van der Waals surface area contributed by atoms with E-state index in [4.69, 9.17) is 14.2 Å². The molecule has 21 heavy (non-hydrogen) atoms. The van der Waals surface area contributed by atoms with E-state index >= 15 is 0 Å². The van der Waals surface area contributed by atoms with E-state index in [2.05, 4.69) is 15.6 Å². The van der Waals surface area contributed by atoms with Gasteiger partial charge in [0.15, 0.2) is 5.69 Å². The highest BCUT2D eigenvalue weighted by Crippen LogP contribution is 2.25. The van der Waals surface area contributed by atoms with Gasteiger partial charge in [-0.15, -0.1) is 5.10 Å². The molecule has 1 aromatic rings. The lowest BCUT2D eigenvalue weighted by Crippen LogP contribution is -2.22. The lowest BCUT2D eigenvalue weighted by atomic mass is 10.1. The standard InChI is InChI=1S/C13H22N4O4/c1-19-8-9-21-7-6-17-12(10-4-3-5-14-10)11(15-16-17)13(18)20-2/h10,14H,3-9H2,1-2H3. The quantitative estimate of drug-likeness (QED) is 0.540. The van der Waals surface area contributed by atoms with Gasteiger partial charge in [-0.1, -0.05) is 5.21 Å². The van der Waals surface area contributed by atoms with Crippen LogP contribution in [0.2, 0.25) is 0 Å². The molecule has 0 spiro atoms. The fraction of sp³-hybridized carbons (Fsp3) is 0.769. The molecule has 1 unspecified atom stereocenters. The Morgan fingerprint density at radius 3 is 2.90 bits per heavy atom. The van der Waals surface area contributed by atoms with Crippen molar-refractivity contribution in [1.82, 2.24) is 20.3 Å². The lowest BCUT2D eigenvalue weighted by molar-refractivity contribution is 0.0590. The second-order valence-electron chi connectivity index (χ2n) is 4.79. The van der Waals surface area contributed by atoms with Crippen LogP contribution in [0.25, 0.3) is 0 Å². The van der Waals surface area contributed by atoms with Crippen LogP contribution in [0.5, 0.6) is 0 Å². The number of carbonyl (C=O) groups is 1. The lowest BCUT2D eigenvalue weighted by Gasteiger charge is -2.14. The van der Waals surface area contributed by atoms with Gasteiger partial charge in [-0.05, 0) is 19.4 Å². The first kappa shape index (κ1) is 15.9. The van der Waals surface area contributed by atoms with E-state index < -0.39 is 5.97 Å². The second-order valence-corrected chi connectivity index (χ2v) is 4.79. The van der Waals surface area contributed by atoms with Gasteiger partial charge >= 0.3 is 5.97 Å². The zero-order valence-electron chi connectivity index (χ0n) is 12.5. The van der Waals surface area contributed by atoms with Crippen LogP contribution >= 0.6 is 0 Å². The second kappa shape index (κ2) is 8.06. The van der Waals surface area contributed by atoms with E-state index in [1.807, 2.05) is 0 Å². The fourth-order valence-electron chi connectivity index (χ4n) is 2.39. The Balaban J connectivity index is 2.05. The van der Waals surface area contributed by atoms with Crippen molar-refractivity contribution >= 4 is 5.97 Å². The van der Waals surface area contributed by atoms with Gasteiger partial charge in [0.1, 0.15) is 0 Å². The largest absolute Gasteiger partial charge is 0.464 e. The number of esters is 1. The monoisotopic (exact) mass is 298 g/mol. The molecule has 0 amide bonds. The van der Waals surface area contributed by atoms with Crippen LogP contribution in [-0.4, -0.2) is 61.5 Å². The van der Waals surface area contributed by atoms with Crippen molar-refractivity contribution in [2.24, 2.45) is 0 Å². The SMILES string of the molecule is COCCOCCn1nnc(C(=O)OC)c1C1CCCN1. The van der Waals surface area contributed by atoms with Gasteiger partial charge in [0.05, 0.1) is 45.2 Å². The summed E-state index contributed by atoms with van der Waals surface area (Å²) >= 11 is 0. The van der Waals surface area contributed by atoms with E-state index in [-0.39, 0.29) is 11.7 Å². The molecule has 1 atom stereocenters. The van der Waals surface area contributed by atoms with E-state index in [0.29, 0.717) is 26.4 Å². The van der Waals surface area contributed by atoms with Crippen LogP contribution in [0.15, 0.2) is 0 Å².